The second-order valence-electron chi connectivity index (χ2n) is 4.12. The summed E-state index contributed by atoms with van der Waals surface area (Å²) in [5, 5.41) is 0. The molecule has 1 aliphatic carbocycles. The lowest BCUT2D eigenvalue weighted by atomic mass is 10.1. The predicted molar refractivity (Wildman–Crippen MR) is 63.1 cm³/mol. The molecular formula is C14H23. The molecule has 79 valence electrons. The second kappa shape index (κ2) is 9.05. The Labute approximate surface area is 89.1 Å². The average molecular weight is 191 g/mol. The van der Waals surface area contributed by atoms with Crippen LogP contribution in [0.25, 0.3) is 0 Å². The number of hydrogen-bond acceptors (Lipinski definition) is 0. The lowest BCUT2D eigenvalue weighted by molar-refractivity contribution is 0.599. The molecule has 0 heteroatoms. The van der Waals surface area contributed by atoms with Crippen LogP contribution in [0, 0.1) is 6.08 Å². The van der Waals surface area contributed by atoms with E-state index in [-0.39, 0.29) is 0 Å². The first-order valence-electron chi connectivity index (χ1n) is 6.20. The van der Waals surface area contributed by atoms with Crippen molar-refractivity contribution in [1.82, 2.24) is 0 Å². The molecule has 1 rings (SSSR count). The molecule has 0 heterocycles. The van der Waals surface area contributed by atoms with Crippen molar-refractivity contribution in [3.8, 4) is 0 Å². The van der Waals surface area contributed by atoms with Crippen LogP contribution in [0.1, 0.15) is 64.2 Å². The molecule has 0 aromatic carbocycles. The maximum atomic E-state index is 3.36. The fourth-order valence-corrected chi connectivity index (χ4v) is 1.82. The van der Waals surface area contributed by atoms with E-state index < -0.39 is 0 Å². The van der Waals surface area contributed by atoms with Crippen LogP contribution in [0.4, 0.5) is 0 Å². The molecule has 0 amide bonds. The Morgan fingerprint density at radius 1 is 0.643 bits per heavy atom. The Hall–Kier alpha value is -0.520. The Kier molecular flexibility index (Phi) is 7.47. The normalized spacial score (nSPS) is 26.3. The minimum atomic E-state index is 1.11. The smallest absolute Gasteiger partial charge is 0.0245 e. The third-order valence-corrected chi connectivity index (χ3v) is 2.74. The highest BCUT2D eigenvalue weighted by Gasteiger charge is 1.90. The lowest BCUT2D eigenvalue weighted by Gasteiger charge is -2.00. The van der Waals surface area contributed by atoms with Crippen LogP contribution in [0.15, 0.2) is 18.2 Å². The van der Waals surface area contributed by atoms with Crippen molar-refractivity contribution in [3.05, 3.63) is 24.3 Å². The van der Waals surface area contributed by atoms with Gasteiger partial charge in [0.25, 0.3) is 0 Å². The van der Waals surface area contributed by atoms with Crippen LogP contribution >= 0.6 is 0 Å². The molecule has 0 aromatic heterocycles. The molecule has 0 atom stereocenters. The molecule has 0 aromatic rings. The fraction of sp³-hybridized carbons (Fsp3) is 0.714. The summed E-state index contributed by atoms with van der Waals surface area (Å²) in [6.45, 7) is 0. The zero-order chi connectivity index (χ0) is 9.90. The van der Waals surface area contributed by atoms with Gasteiger partial charge in [-0.15, -0.1) is 0 Å². The first-order valence-corrected chi connectivity index (χ1v) is 6.20. The zero-order valence-corrected chi connectivity index (χ0v) is 9.30. The number of rotatable bonds is 0. The van der Waals surface area contributed by atoms with Crippen molar-refractivity contribution in [1.29, 1.82) is 0 Å². The van der Waals surface area contributed by atoms with Gasteiger partial charge in [0.15, 0.2) is 0 Å². The standard InChI is InChI=1S/C14H23/c1-2-4-6-8-10-12-14-13-11-9-7-5-3-1/h1-2,10H,3-7,9,11-14H2/b2-1-,10-8?. The second-order valence-corrected chi connectivity index (χ2v) is 4.12. The third kappa shape index (κ3) is 6.94. The van der Waals surface area contributed by atoms with E-state index >= 15 is 0 Å². The molecule has 0 fully saturated rings. The van der Waals surface area contributed by atoms with E-state index in [1.165, 1.54) is 57.8 Å². The summed E-state index contributed by atoms with van der Waals surface area (Å²) in [6, 6.07) is 0. The Morgan fingerprint density at radius 3 is 2.14 bits per heavy atom. The number of hydrogen-bond donors (Lipinski definition) is 0. The van der Waals surface area contributed by atoms with Crippen LogP contribution in [0.2, 0.25) is 0 Å². The molecule has 0 N–H and O–H groups in total. The van der Waals surface area contributed by atoms with Gasteiger partial charge >= 0.3 is 0 Å². The van der Waals surface area contributed by atoms with Gasteiger partial charge in [0.05, 0.1) is 0 Å². The van der Waals surface area contributed by atoms with Crippen molar-refractivity contribution >= 4 is 0 Å². The molecule has 0 saturated carbocycles. The minimum absolute atomic E-state index is 1.11. The van der Waals surface area contributed by atoms with E-state index in [1.54, 1.807) is 0 Å². The maximum Gasteiger partial charge on any atom is -0.0245 e. The molecule has 0 spiro atoms. The van der Waals surface area contributed by atoms with Gasteiger partial charge in [-0.05, 0) is 44.6 Å². The maximum absolute atomic E-state index is 3.36. The summed E-state index contributed by atoms with van der Waals surface area (Å²) in [6.07, 6.45) is 23.5. The first kappa shape index (κ1) is 11.6. The van der Waals surface area contributed by atoms with Crippen molar-refractivity contribution in [3.63, 3.8) is 0 Å². The molecule has 0 nitrogen and oxygen atoms in total. The molecule has 0 aliphatic heterocycles. The summed E-state index contributed by atoms with van der Waals surface area (Å²) < 4.78 is 0. The van der Waals surface area contributed by atoms with Crippen molar-refractivity contribution in [2.75, 3.05) is 0 Å². The highest BCUT2D eigenvalue weighted by atomic mass is 14.0. The van der Waals surface area contributed by atoms with Crippen LogP contribution in [-0.2, 0) is 0 Å². The Bertz CT molecular complexity index is 145. The largest absolute Gasteiger partial charge is 0.0885 e. The van der Waals surface area contributed by atoms with Gasteiger partial charge < -0.3 is 0 Å². The van der Waals surface area contributed by atoms with Gasteiger partial charge in [0.2, 0.25) is 0 Å². The minimum Gasteiger partial charge on any atom is -0.0885 e. The third-order valence-electron chi connectivity index (χ3n) is 2.74. The fourth-order valence-electron chi connectivity index (χ4n) is 1.82. The predicted octanol–water partition coefficient (Wildman–Crippen LogP) is 4.82. The van der Waals surface area contributed by atoms with E-state index in [0.29, 0.717) is 0 Å². The monoisotopic (exact) mass is 191 g/mol. The van der Waals surface area contributed by atoms with Crippen LogP contribution in [0.3, 0.4) is 0 Å². The van der Waals surface area contributed by atoms with Gasteiger partial charge in [0, 0.05) is 0 Å². The molecule has 14 heavy (non-hydrogen) atoms. The van der Waals surface area contributed by atoms with E-state index in [9.17, 15) is 0 Å². The summed E-state index contributed by atoms with van der Waals surface area (Å²) in [5.41, 5.74) is 0. The summed E-state index contributed by atoms with van der Waals surface area (Å²) >= 11 is 0. The highest BCUT2D eigenvalue weighted by molar-refractivity contribution is 4.84. The van der Waals surface area contributed by atoms with Gasteiger partial charge in [-0.3, -0.25) is 0 Å². The SMILES string of the molecule is [C]1=C/CCCCCCCC/C=C\CC/1. The Morgan fingerprint density at radius 2 is 1.29 bits per heavy atom. The molecule has 1 aliphatic rings. The lowest BCUT2D eigenvalue weighted by Crippen LogP contribution is -1.80. The molecule has 1 radical (unpaired) electrons. The molecule has 0 bridgehead atoms. The molecule has 0 saturated heterocycles. The zero-order valence-electron chi connectivity index (χ0n) is 9.30. The van der Waals surface area contributed by atoms with Gasteiger partial charge in [0.1, 0.15) is 0 Å². The average Bonchev–Trinajstić information content (AvgIpc) is 2.22. The topological polar surface area (TPSA) is 0 Å². The first-order chi connectivity index (χ1) is 7.00. The molecular weight excluding hydrogens is 168 g/mol. The highest BCUT2D eigenvalue weighted by Crippen LogP contribution is 2.10. The van der Waals surface area contributed by atoms with Gasteiger partial charge in [-0.25, -0.2) is 0 Å². The van der Waals surface area contributed by atoms with Crippen molar-refractivity contribution in [2.45, 2.75) is 64.2 Å². The van der Waals surface area contributed by atoms with E-state index in [2.05, 4.69) is 24.3 Å². The van der Waals surface area contributed by atoms with Crippen LogP contribution in [0.5, 0.6) is 0 Å². The van der Waals surface area contributed by atoms with Crippen molar-refractivity contribution < 1.29 is 0 Å². The number of allylic oxidation sites excluding steroid dienone is 4. The van der Waals surface area contributed by atoms with Crippen LogP contribution in [-0.4, -0.2) is 0 Å². The van der Waals surface area contributed by atoms with E-state index in [1.807, 2.05) is 0 Å². The summed E-state index contributed by atoms with van der Waals surface area (Å²) in [5.74, 6) is 0. The molecule has 0 unspecified atom stereocenters. The summed E-state index contributed by atoms with van der Waals surface area (Å²) in [7, 11) is 0. The quantitative estimate of drug-likeness (QED) is 0.482. The van der Waals surface area contributed by atoms with E-state index in [0.717, 1.165) is 6.42 Å². The van der Waals surface area contributed by atoms with Crippen molar-refractivity contribution in [2.24, 2.45) is 0 Å². The van der Waals surface area contributed by atoms with E-state index in [4.69, 9.17) is 0 Å². The Balaban J connectivity index is 2.17. The summed E-state index contributed by atoms with van der Waals surface area (Å²) in [4.78, 5) is 0. The van der Waals surface area contributed by atoms with Crippen LogP contribution < -0.4 is 0 Å². The van der Waals surface area contributed by atoms with Gasteiger partial charge in [-0.1, -0.05) is 43.9 Å². The van der Waals surface area contributed by atoms with Gasteiger partial charge in [-0.2, -0.15) is 0 Å².